The van der Waals surface area contributed by atoms with Gasteiger partial charge in [-0.3, -0.25) is 0 Å². The summed E-state index contributed by atoms with van der Waals surface area (Å²) in [4.78, 5) is 10.9. The molecule has 106 valence electrons. The summed E-state index contributed by atoms with van der Waals surface area (Å²) in [6.07, 6.45) is 4.32. The summed E-state index contributed by atoms with van der Waals surface area (Å²) in [7, 11) is 1.99. The molecule has 0 amide bonds. The zero-order valence-corrected chi connectivity index (χ0v) is 12.0. The Morgan fingerprint density at radius 1 is 1.53 bits per heavy atom. The number of nitrogens with zero attached hydrogens (tertiary/aromatic N) is 3. The van der Waals surface area contributed by atoms with E-state index in [9.17, 15) is 5.11 Å². The number of likely N-dealkylation sites (N-methyl/N-ethyl adjacent to an activating group) is 1. The van der Waals surface area contributed by atoms with E-state index in [0.717, 1.165) is 37.5 Å². The van der Waals surface area contributed by atoms with Gasteiger partial charge in [0.25, 0.3) is 0 Å². The average molecular weight is 265 g/mol. The summed E-state index contributed by atoms with van der Waals surface area (Å²) in [6.45, 7) is 5.71. The fourth-order valence-electron chi connectivity index (χ4n) is 2.33. The molecule has 5 heteroatoms. The van der Waals surface area contributed by atoms with Gasteiger partial charge in [0.1, 0.15) is 5.82 Å². The zero-order valence-electron chi connectivity index (χ0n) is 12.0. The molecule has 2 heterocycles. The highest BCUT2D eigenvalue weighted by Crippen LogP contribution is 2.22. The number of aliphatic hydroxyl groups excluding tert-OH is 1. The van der Waals surface area contributed by atoms with Gasteiger partial charge in [0, 0.05) is 26.1 Å². The van der Waals surface area contributed by atoms with Crippen LogP contribution in [-0.4, -0.2) is 41.4 Å². The molecule has 2 rings (SSSR count). The van der Waals surface area contributed by atoms with E-state index in [1.54, 1.807) is 0 Å². The van der Waals surface area contributed by atoms with Crippen LogP contribution in [0.25, 0.3) is 0 Å². The normalized spacial score (nSPS) is 19.1. The maximum absolute atomic E-state index is 9.49. The molecule has 1 atom stereocenters. The molecule has 0 radical (unpaired) electrons. The number of hydrogen-bond donors (Lipinski definition) is 1. The zero-order chi connectivity index (χ0) is 13.8. The Kier molecular flexibility index (Phi) is 4.71. The van der Waals surface area contributed by atoms with Crippen molar-refractivity contribution in [3.63, 3.8) is 0 Å². The number of hydrogen-bond acceptors (Lipinski definition) is 5. The van der Waals surface area contributed by atoms with Crippen LogP contribution < -0.4 is 4.90 Å². The van der Waals surface area contributed by atoms with Crippen molar-refractivity contribution in [3.05, 3.63) is 17.7 Å². The van der Waals surface area contributed by atoms with E-state index in [0.29, 0.717) is 5.69 Å². The number of aliphatic hydroxyl groups is 1. The SMILES string of the molecule is CC(C)c1ncc(N(C)CC2CCCO2)c(CO)n1. The Balaban J connectivity index is 2.13. The first kappa shape index (κ1) is 14.2. The van der Waals surface area contributed by atoms with Gasteiger partial charge in [0.05, 0.1) is 30.3 Å². The molecule has 1 aromatic heterocycles. The predicted molar refractivity (Wildman–Crippen MR) is 74.3 cm³/mol. The molecular formula is C14H23N3O2. The average Bonchev–Trinajstić information content (AvgIpc) is 2.90. The van der Waals surface area contributed by atoms with Crippen LogP contribution in [0.3, 0.4) is 0 Å². The lowest BCUT2D eigenvalue weighted by atomic mass is 10.2. The molecule has 1 aliphatic rings. The number of rotatable bonds is 5. The van der Waals surface area contributed by atoms with Gasteiger partial charge < -0.3 is 14.7 Å². The van der Waals surface area contributed by atoms with Crippen LogP contribution in [0, 0.1) is 0 Å². The van der Waals surface area contributed by atoms with Gasteiger partial charge in [-0.2, -0.15) is 0 Å². The molecular weight excluding hydrogens is 242 g/mol. The Morgan fingerprint density at radius 3 is 2.89 bits per heavy atom. The third-order valence-electron chi connectivity index (χ3n) is 3.44. The van der Waals surface area contributed by atoms with Gasteiger partial charge in [-0.15, -0.1) is 0 Å². The van der Waals surface area contributed by atoms with Gasteiger partial charge >= 0.3 is 0 Å². The molecule has 0 bridgehead atoms. The molecule has 0 aromatic carbocycles. The molecule has 19 heavy (non-hydrogen) atoms. The summed E-state index contributed by atoms with van der Waals surface area (Å²) >= 11 is 0. The van der Waals surface area contributed by atoms with E-state index in [-0.39, 0.29) is 18.6 Å². The summed E-state index contributed by atoms with van der Waals surface area (Å²) < 4.78 is 5.64. The topological polar surface area (TPSA) is 58.5 Å². The smallest absolute Gasteiger partial charge is 0.131 e. The fourth-order valence-corrected chi connectivity index (χ4v) is 2.33. The van der Waals surface area contributed by atoms with Crippen molar-refractivity contribution in [1.29, 1.82) is 0 Å². The molecule has 1 aliphatic heterocycles. The van der Waals surface area contributed by atoms with E-state index in [2.05, 4.69) is 14.9 Å². The van der Waals surface area contributed by atoms with Crippen LogP contribution in [0.1, 0.15) is 44.1 Å². The van der Waals surface area contributed by atoms with Crippen molar-refractivity contribution in [2.24, 2.45) is 0 Å². The molecule has 1 fully saturated rings. The van der Waals surface area contributed by atoms with Gasteiger partial charge in [0.2, 0.25) is 0 Å². The summed E-state index contributed by atoms with van der Waals surface area (Å²) in [6, 6.07) is 0. The lowest BCUT2D eigenvalue weighted by molar-refractivity contribution is 0.116. The van der Waals surface area contributed by atoms with Crippen LogP contribution in [0.4, 0.5) is 5.69 Å². The Labute approximate surface area is 114 Å². The van der Waals surface area contributed by atoms with Gasteiger partial charge in [-0.1, -0.05) is 13.8 Å². The van der Waals surface area contributed by atoms with Crippen molar-refractivity contribution < 1.29 is 9.84 Å². The second-order valence-electron chi connectivity index (χ2n) is 5.39. The minimum atomic E-state index is -0.0621. The highest BCUT2D eigenvalue weighted by molar-refractivity contribution is 5.48. The maximum Gasteiger partial charge on any atom is 0.131 e. The molecule has 1 N–H and O–H groups in total. The molecule has 0 spiro atoms. The van der Waals surface area contributed by atoms with E-state index >= 15 is 0 Å². The number of aromatic nitrogens is 2. The highest BCUT2D eigenvalue weighted by atomic mass is 16.5. The standard InChI is InChI=1S/C14H23N3O2/c1-10(2)14-15-7-13(12(9-18)16-14)17(3)8-11-5-4-6-19-11/h7,10-11,18H,4-6,8-9H2,1-3H3. The van der Waals surface area contributed by atoms with Crippen LogP contribution in [0.15, 0.2) is 6.20 Å². The minimum Gasteiger partial charge on any atom is -0.390 e. The highest BCUT2D eigenvalue weighted by Gasteiger charge is 2.20. The van der Waals surface area contributed by atoms with E-state index in [1.807, 2.05) is 27.1 Å². The van der Waals surface area contributed by atoms with Crippen LogP contribution in [0.2, 0.25) is 0 Å². The van der Waals surface area contributed by atoms with Crippen molar-refractivity contribution in [2.75, 3.05) is 25.1 Å². The van der Waals surface area contributed by atoms with Crippen LogP contribution >= 0.6 is 0 Å². The van der Waals surface area contributed by atoms with Crippen molar-refractivity contribution in [1.82, 2.24) is 9.97 Å². The minimum absolute atomic E-state index is 0.0621. The van der Waals surface area contributed by atoms with Crippen LogP contribution in [0.5, 0.6) is 0 Å². The third-order valence-corrected chi connectivity index (χ3v) is 3.44. The number of anilines is 1. The first-order valence-corrected chi connectivity index (χ1v) is 6.91. The van der Waals surface area contributed by atoms with E-state index < -0.39 is 0 Å². The second-order valence-corrected chi connectivity index (χ2v) is 5.39. The molecule has 0 saturated carbocycles. The summed E-state index contributed by atoms with van der Waals surface area (Å²) in [5.41, 5.74) is 1.58. The lowest BCUT2D eigenvalue weighted by Crippen LogP contribution is -2.29. The van der Waals surface area contributed by atoms with Crippen molar-refractivity contribution >= 4 is 5.69 Å². The first-order valence-electron chi connectivity index (χ1n) is 6.91. The first-order chi connectivity index (χ1) is 9.11. The summed E-state index contributed by atoms with van der Waals surface area (Å²) in [5.74, 6) is 1.04. The van der Waals surface area contributed by atoms with E-state index in [4.69, 9.17) is 4.74 Å². The quantitative estimate of drug-likeness (QED) is 0.878. The predicted octanol–water partition coefficient (Wildman–Crippen LogP) is 1.71. The van der Waals surface area contributed by atoms with Gasteiger partial charge in [-0.25, -0.2) is 9.97 Å². The second kappa shape index (κ2) is 6.30. The van der Waals surface area contributed by atoms with Crippen molar-refractivity contribution in [3.8, 4) is 0 Å². The largest absolute Gasteiger partial charge is 0.390 e. The van der Waals surface area contributed by atoms with Crippen molar-refractivity contribution in [2.45, 2.75) is 45.3 Å². The van der Waals surface area contributed by atoms with E-state index in [1.165, 1.54) is 0 Å². The maximum atomic E-state index is 9.49. The fraction of sp³-hybridized carbons (Fsp3) is 0.714. The lowest BCUT2D eigenvalue weighted by Gasteiger charge is -2.24. The molecule has 1 aromatic rings. The van der Waals surface area contributed by atoms with Gasteiger partial charge in [0.15, 0.2) is 0 Å². The van der Waals surface area contributed by atoms with Crippen LogP contribution in [-0.2, 0) is 11.3 Å². The van der Waals surface area contributed by atoms with Gasteiger partial charge in [-0.05, 0) is 12.8 Å². The summed E-state index contributed by atoms with van der Waals surface area (Å²) in [5, 5.41) is 9.49. The number of ether oxygens (including phenoxy) is 1. The molecule has 1 unspecified atom stereocenters. The Hall–Kier alpha value is -1.20. The Bertz CT molecular complexity index is 417. The molecule has 0 aliphatic carbocycles. The molecule has 5 nitrogen and oxygen atoms in total. The molecule has 1 saturated heterocycles. The monoisotopic (exact) mass is 265 g/mol. The Morgan fingerprint density at radius 2 is 2.32 bits per heavy atom. The third kappa shape index (κ3) is 3.42.